The highest BCUT2D eigenvalue weighted by Crippen LogP contribution is 2.40. The van der Waals surface area contributed by atoms with Crippen molar-refractivity contribution in [2.45, 2.75) is 18.1 Å². The third kappa shape index (κ3) is 1.18. The summed E-state index contributed by atoms with van der Waals surface area (Å²) in [7, 11) is 0. The highest BCUT2D eigenvalue weighted by molar-refractivity contribution is 8.04. The van der Waals surface area contributed by atoms with Crippen LogP contribution in [0.1, 0.15) is 12.8 Å². The van der Waals surface area contributed by atoms with E-state index in [0.717, 1.165) is 11.4 Å². The first kappa shape index (κ1) is 7.56. The van der Waals surface area contributed by atoms with Crippen LogP contribution < -0.4 is 0 Å². The van der Waals surface area contributed by atoms with Crippen LogP contribution in [0.25, 0.3) is 0 Å². The Morgan fingerprint density at radius 3 is 3.08 bits per heavy atom. The maximum Gasteiger partial charge on any atom is 0.176 e. The van der Waals surface area contributed by atoms with Crippen molar-refractivity contribution in [2.75, 3.05) is 0 Å². The predicted molar refractivity (Wildman–Crippen MR) is 53.8 cm³/mol. The van der Waals surface area contributed by atoms with Crippen molar-refractivity contribution in [1.29, 1.82) is 0 Å². The monoisotopic (exact) mass is 191 g/mol. The Balaban J connectivity index is 1.99. The van der Waals surface area contributed by atoms with Gasteiger partial charge in [0.25, 0.3) is 0 Å². The number of nitrogens with zero attached hydrogens (tertiary/aromatic N) is 1. The van der Waals surface area contributed by atoms with Crippen LogP contribution >= 0.6 is 11.8 Å². The van der Waals surface area contributed by atoms with Gasteiger partial charge in [-0.3, -0.25) is 9.79 Å². The minimum atomic E-state index is -0.0255. The smallest absolute Gasteiger partial charge is 0.176 e. The molecule has 2 aliphatic heterocycles. The molecule has 3 heteroatoms. The van der Waals surface area contributed by atoms with E-state index >= 15 is 0 Å². The number of rotatable bonds is 1. The number of fused-ring (bicyclic) bond motifs is 1. The lowest BCUT2D eigenvalue weighted by Crippen LogP contribution is -2.24. The largest absolute Gasteiger partial charge is 0.293 e. The summed E-state index contributed by atoms with van der Waals surface area (Å²) in [5.74, 6) is 0.804. The lowest BCUT2D eigenvalue weighted by atomic mass is 10.1. The molecule has 0 aromatic rings. The molecule has 13 heavy (non-hydrogen) atoms. The zero-order valence-corrected chi connectivity index (χ0v) is 7.88. The molecule has 0 N–H and O–H groups in total. The fourth-order valence-electron chi connectivity index (χ4n) is 1.64. The van der Waals surface area contributed by atoms with Gasteiger partial charge < -0.3 is 0 Å². The molecule has 66 valence electrons. The van der Waals surface area contributed by atoms with Crippen LogP contribution in [0.15, 0.2) is 28.2 Å². The predicted octanol–water partition coefficient (Wildman–Crippen LogP) is 1.93. The second kappa shape index (κ2) is 2.58. The average Bonchev–Trinajstić information content (AvgIpc) is 2.85. The molecule has 0 bridgehead atoms. The summed E-state index contributed by atoms with van der Waals surface area (Å²) < 4.78 is 0. The van der Waals surface area contributed by atoms with E-state index in [2.05, 4.69) is 4.99 Å². The van der Waals surface area contributed by atoms with Gasteiger partial charge in [0, 0.05) is 17.7 Å². The molecular formula is C10H9NOS. The summed E-state index contributed by atoms with van der Waals surface area (Å²) in [6.07, 6.45) is 6.11. The molecule has 3 rings (SSSR count). The van der Waals surface area contributed by atoms with Crippen molar-refractivity contribution < 1.29 is 4.79 Å². The van der Waals surface area contributed by atoms with Crippen LogP contribution in [-0.4, -0.2) is 16.7 Å². The average molecular weight is 191 g/mol. The van der Waals surface area contributed by atoms with Gasteiger partial charge in [0.2, 0.25) is 0 Å². The van der Waals surface area contributed by atoms with E-state index < -0.39 is 0 Å². The van der Waals surface area contributed by atoms with Gasteiger partial charge in [0.15, 0.2) is 5.78 Å². The number of hydrogen-bond donors (Lipinski definition) is 0. The number of carbonyl (C=O) groups excluding carboxylic acids is 1. The molecule has 0 aromatic carbocycles. The molecule has 1 aliphatic carbocycles. The van der Waals surface area contributed by atoms with Gasteiger partial charge in [-0.25, -0.2) is 0 Å². The quantitative estimate of drug-likeness (QED) is 0.633. The highest BCUT2D eigenvalue weighted by Gasteiger charge is 2.34. The Morgan fingerprint density at radius 1 is 1.46 bits per heavy atom. The van der Waals surface area contributed by atoms with Crippen molar-refractivity contribution in [2.24, 2.45) is 10.9 Å². The van der Waals surface area contributed by atoms with Gasteiger partial charge >= 0.3 is 0 Å². The molecule has 1 unspecified atom stereocenters. The maximum atomic E-state index is 11.6. The molecule has 0 amide bonds. The minimum Gasteiger partial charge on any atom is -0.293 e. The van der Waals surface area contributed by atoms with E-state index in [-0.39, 0.29) is 11.0 Å². The second-order valence-electron chi connectivity index (χ2n) is 3.60. The van der Waals surface area contributed by atoms with Gasteiger partial charge in [-0.1, -0.05) is 0 Å². The molecular weight excluding hydrogens is 182 g/mol. The standard InChI is InChI=1S/C10H9NOS/c12-9-5-8(6-1-2-6)11-7-3-4-13-10(7)9/h3-6,10H,1-2H2. The van der Waals surface area contributed by atoms with Crippen molar-refractivity contribution in [3.8, 4) is 0 Å². The Hall–Kier alpha value is -0.830. The highest BCUT2D eigenvalue weighted by atomic mass is 32.2. The number of allylic oxidation sites excluding steroid dienone is 3. The lowest BCUT2D eigenvalue weighted by Gasteiger charge is -2.13. The summed E-state index contributed by atoms with van der Waals surface area (Å²) in [5.41, 5.74) is 1.97. The number of aliphatic imine (C=N–C) groups is 1. The molecule has 2 heterocycles. The van der Waals surface area contributed by atoms with Crippen LogP contribution in [0.5, 0.6) is 0 Å². The van der Waals surface area contributed by atoms with E-state index in [1.807, 2.05) is 11.5 Å². The maximum absolute atomic E-state index is 11.6. The first-order valence-corrected chi connectivity index (χ1v) is 5.45. The molecule has 0 radical (unpaired) electrons. The van der Waals surface area contributed by atoms with E-state index in [1.165, 1.54) is 12.8 Å². The van der Waals surface area contributed by atoms with E-state index in [4.69, 9.17) is 0 Å². The normalized spacial score (nSPS) is 31.4. The van der Waals surface area contributed by atoms with Gasteiger partial charge in [0.05, 0.1) is 5.71 Å². The van der Waals surface area contributed by atoms with E-state index in [0.29, 0.717) is 5.92 Å². The topological polar surface area (TPSA) is 29.4 Å². The molecule has 1 atom stereocenters. The fraction of sp³-hybridized carbons (Fsp3) is 0.400. The fourth-order valence-corrected chi connectivity index (χ4v) is 2.49. The zero-order chi connectivity index (χ0) is 8.84. The molecule has 1 fully saturated rings. The lowest BCUT2D eigenvalue weighted by molar-refractivity contribution is -0.113. The molecule has 2 nitrogen and oxygen atoms in total. The van der Waals surface area contributed by atoms with Crippen LogP contribution in [0.3, 0.4) is 0 Å². The summed E-state index contributed by atoms with van der Waals surface area (Å²) in [4.78, 5) is 16.1. The summed E-state index contributed by atoms with van der Waals surface area (Å²) >= 11 is 1.56. The summed E-state index contributed by atoms with van der Waals surface area (Å²) in [6.45, 7) is 0. The number of hydrogen-bond acceptors (Lipinski definition) is 3. The Bertz CT molecular complexity index is 363. The molecule has 1 saturated carbocycles. The third-order valence-electron chi connectivity index (χ3n) is 2.52. The van der Waals surface area contributed by atoms with Crippen molar-refractivity contribution in [1.82, 2.24) is 0 Å². The van der Waals surface area contributed by atoms with Gasteiger partial charge in [-0.05, 0) is 24.3 Å². The molecule has 3 aliphatic rings. The third-order valence-corrected chi connectivity index (χ3v) is 3.56. The van der Waals surface area contributed by atoms with Crippen LogP contribution in [0, 0.1) is 5.92 Å². The summed E-state index contributed by atoms with van der Waals surface area (Å²) in [5, 5.41) is 1.94. The number of thioether (sulfide) groups is 1. The van der Waals surface area contributed by atoms with Gasteiger partial charge in [0.1, 0.15) is 5.25 Å². The Labute approximate surface area is 80.8 Å². The first-order valence-electron chi connectivity index (χ1n) is 4.50. The molecule has 0 aromatic heterocycles. The van der Waals surface area contributed by atoms with Crippen LogP contribution in [0.4, 0.5) is 0 Å². The number of ketones is 1. The summed E-state index contributed by atoms with van der Waals surface area (Å²) in [6, 6.07) is 0. The number of carbonyl (C=O) groups is 1. The van der Waals surface area contributed by atoms with E-state index in [1.54, 1.807) is 17.8 Å². The van der Waals surface area contributed by atoms with Crippen LogP contribution in [0.2, 0.25) is 0 Å². The Kier molecular flexibility index (Phi) is 1.50. The molecule has 0 saturated heterocycles. The van der Waals surface area contributed by atoms with Gasteiger partial charge in [-0.2, -0.15) is 0 Å². The van der Waals surface area contributed by atoms with Crippen molar-refractivity contribution in [3.63, 3.8) is 0 Å². The van der Waals surface area contributed by atoms with E-state index in [9.17, 15) is 4.79 Å². The first-order chi connectivity index (χ1) is 6.34. The SMILES string of the molecule is O=C1C=C(C2CC2)N=C2C=CSC12. The van der Waals surface area contributed by atoms with Crippen LogP contribution in [-0.2, 0) is 4.79 Å². The van der Waals surface area contributed by atoms with Crippen molar-refractivity contribution >= 4 is 23.3 Å². The second-order valence-corrected chi connectivity index (χ2v) is 4.62. The van der Waals surface area contributed by atoms with Gasteiger partial charge in [-0.15, -0.1) is 11.8 Å². The van der Waals surface area contributed by atoms with Crippen molar-refractivity contribution in [3.05, 3.63) is 23.3 Å². The zero-order valence-electron chi connectivity index (χ0n) is 7.06. The molecule has 0 spiro atoms. The Morgan fingerprint density at radius 2 is 2.31 bits per heavy atom. The minimum absolute atomic E-state index is 0.0255.